The molecular weight excluding hydrogens is 279 g/mol. The molecule has 0 amide bonds. The van der Waals surface area contributed by atoms with E-state index < -0.39 is 0 Å². The van der Waals surface area contributed by atoms with Crippen LogP contribution in [-0.2, 0) is 5.88 Å². The number of halogens is 2. The third-order valence-electron chi connectivity index (χ3n) is 2.91. The molecule has 0 radical (unpaired) electrons. The highest BCUT2D eigenvalue weighted by Gasteiger charge is 2.10. The van der Waals surface area contributed by atoms with Crippen LogP contribution < -0.4 is 4.74 Å². The Bertz CT molecular complexity index is 564. The molecule has 3 heteroatoms. The highest BCUT2D eigenvalue weighted by molar-refractivity contribution is 6.32. The standard InChI is InChI=1S/C16H16Cl2O/c1-11(2)13-5-3-4-6-15(13)19-16-8-7-12(10-17)9-14(16)18/h3-9,11H,10H2,1-2H3. The van der Waals surface area contributed by atoms with Crippen LogP contribution >= 0.6 is 23.2 Å². The molecule has 0 bridgehead atoms. The van der Waals surface area contributed by atoms with Crippen molar-refractivity contribution >= 4 is 23.2 Å². The van der Waals surface area contributed by atoms with Gasteiger partial charge < -0.3 is 4.74 Å². The molecule has 0 fully saturated rings. The summed E-state index contributed by atoms with van der Waals surface area (Å²) < 4.78 is 5.93. The molecule has 100 valence electrons. The Hall–Kier alpha value is -1.18. The van der Waals surface area contributed by atoms with Crippen molar-refractivity contribution < 1.29 is 4.74 Å². The van der Waals surface area contributed by atoms with E-state index in [1.807, 2.05) is 36.4 Å². The molecule has 0 saturated carbocycles. The third-order valence-corrected chi connectivity index (χ3v) is 3.52. The van der Waals surface area contributed by atoms with Crippen LogP contribution in [0.2, 0.25) is 5.02 Å². The lowest BCUT2D eigenvalue weighted by Crippen LogP contribution is -1.94. The van der Waals surface area contributed by atoms with Crippen LogP contribution in [0.1, 0.15) is 30.9 Å². The smallest absolute Gasteiger partial charge is 0.146 e. The number of ether oxygens (including phenoxy) is 1. The second kappa shape index (κ2) is 6.31. The molecule has 2 aromatic rings. The second-order valence-electron chi connectivity index (χ2n) is 4.69. The van der Waals surface area contributed by atoms with Crippen LogP contribution in [0.3, 0.4) is 0 Å². The van der Waals surface area contributed by atoms with Gasteiger partial charge in [-0.2, -0.15) is 0 Å². The fraction of sp³-hybridized carbons (Fsp3) is 0.250. The zero-order valence-electron chi connectivity index (χ0n) is 11.0. The van der Waals surface area contributed by atoms with Crippen LogP contribution in [0.4, 0.5) is 0 Å². The lowest BCUT2D eigenvalue weighted by atomic mass is 10.0. The highest BCUT2D eigenvalue weighted by atomic mass is 35.5. The van der Waals surface area contributed by atoms with Gasteiger partial charge in [0.2, 0.25) is 0 Å². The van der Waals surface area contributed by atoms with Crippen molar-refractivity contribution in [2.24, 2.45) is 0 Å². The maximum absolute atomic E-state index is 6.21. The molecule has 2 rings (SSSR count). The van der Waals surface area contributed by atoms with Crippen molar-refractivity contribution in [1.82, 2.24) is 0 Å². The maximum Gasteiger partial charge on any atom is 0.146 e. The Morgan fingerprint density at radius 2 is 1.79 bits per heavy atom. The Morgan fingerprint density at radius 1 is 1.05 bits per heavy atom. The average Bonchev–Trinajstić information content (AvgIpc) is 2.41. The molecule has 2 aromatic carbocycles. The van der Waals surface area contributed by atoms with E-state index in [1.165, 1.54) is 5.56 Å². The summed E-state index contributed by atoms with van der Waals surface area (Å²) in [5.74, 6) is 2.35. The largest absolute Gasteiger partial charge is 0.456 e. The van der Waals surface area contributed by atoms with Gasteiger partial charge >= 0.3 is 0 Å². The predicted octanol–water partition coefficient (Wildman–Crippen LogP) is 5.99. The Balaban J connectivity index is 2.31. The van der Waals surface area contributed by atoms with Crippen LogP contribution in [0.25, 0.3) is 0 Å². The number of para-hydroxylation sites is 1. The van der Waals surface area contributed by atoms with Crippen LogP contribution in [0, 0.1) is 0 Å². The molecule has 19 heavy (non-hydrogen) atoms. The first-order chi connectivity index (χ1) is 9.11. The van der Waals surface area contributed by atoms with E-state index in [9.17, 15) is 0 Å². The van der Waals surface area contributed by atoms with E-state index in [1.54, 1.807) is 0 Å². The van der Waals surface area contributed by atoms with Crippen molar-refractivity contribution in [1.29, 1.82) is 0 Å². The van der Waals surface area contributed by atoms with Gasteiger partial charge in [-0.1, -0.05) is 49.7 Å². The Labute approximate surface area is 124 Å². The van der Waals surface area contributed by atoms with E-state index in [0.717, 1.165) is 11.3 Å². The zero-order valence-corrected chi connectivity index (χ0v) is 12.5. The third kappa shape index (κ3) is 3.43. The fourth-order valence-electron chi connectivity index (χ4n) is 1.88. The second-order valence-corrected chi connectivity index (χ2v) is 5.37. The van der Waals surface area contributed by atoms with Crippen LogP contribution in [0.15, 0.2) is 42.5 Å². The predicted molar refractivity (Wildman–Crippen MR) is 81.6 cm³/mol. The molecule has 1 nitrogen and oxygen atoms in total. The lowest BCUT2D eigenvalue weighted by molar-refractivity contribution is 0.473. The summed E-state index contributed by atoms with van der Waals surface area (Å²) in [7, 11) is 0. The SMILES string of the molecule is CC(C)c1ccccc1Oc1ccc(CCl)cc1Cl. The highest BCUT2D eigenvalue weighted by Crippen LogP contribution is 2.34. The number of rotatable bonds is 4. The molecule has 0 heterocycles. The van der Waals surface area contributed by atoms with E-state index >= 15 is 0 Å². The monoisotopic (exact) mass is 294 g/mol. The normalized spacial score (nSPS) is 10.8. The fourth-order valence-corrected chi connectivity index (χ4v) is 2.29. The van der Waals surface area contributed by atoms with Crippen molar-refractivity contribution in [3.8, 4) is 11.5 Å². The summed E-state index contributed by atoms with van der Waals surface area (Å²) in [6.45, 7) is 4.28. The van der Waals surface area contributed by atoms with Gasteiger partial charge in [0, 0.05) is 5.88 Å². The first kappa shape index (κ1) is 14.2. The summed E-state index contributed by atoms with van der Waals surface area (Å²) in [6, 6.07) is 13.6. The van der Waals surface area contributed by atoms with Gasteiger partial charge in [0.05, 0.1) is 5.02 Å². The van der Waals surface area contributed by atoms with Gasteiger partial charge in [0.1, 0.15) is 11.5 Å². The van der Waals surface area contributed by atoms with E-state index in [0.29, 0.717) is 22.6 Å². The molecule has 0 saturated heterocycles. The summed E-state index contributed by atoms with van der Waals surface area (Å²) in [5.41, 5.74) is 2.15. The molecule has 0 aromatic heterocycles. The van der Waals surface area contributed by atoms with Gasteiger partial charge in [-0.05, 0) is 35.2 Å². The minimum absolute atomic E-state index is 0.400. The number of hydrogen-bond donors (Lipinski definition) is 0. The molecule has 0 spiro atoms. The Morgan fingerprint density at radius 3 is 2.42 bits per heavy atom. The number of hydrogen-bond acceptors (Lipinski definition) is 1. The van der Waals surface area contributed by atoms with Crippen molar-refractivity contribution in [2.45, 2.75) is 25.6 Å². The molecule has 0 atom stereocenters. The van der Waals surface area contributed by atoms with E-state index in [4.69, 9.17) is 27.9 Å². The van der Waals surface area contributed by atoms with Crippen molar-refractivity contribution in [3.05, 3.63) is 58.6 Å². The molecule has 0 aliphatic heterocycles. The summed E-state index contributed by atoms with van der Waals surface area (Å²) in [6.07, 6.45) is 0. The molecule has 0 aliphatic rings. The van der Waals surface area contributed by atoms with Gasteiger partial charge in [-0.15, -0.1) is 11.6 Å². The van der Waals surface area contributed by atoms with Gasteiger partial charge in [0.15, 0.2) is 0 Å². The van der Waals surface area contributed by atoms with Crippen LogP contribution in [-0.4, -0.2) is 0 Å². The van der Waals surface area contributed by atoms with Crippen LogP contribution in [0.5, 0.6) is 11.5 Å². The van der Waals surface area contributed by atoms with Gasteiger partial charge in [-0.25, -0.2) is 0 Å². The molecule has 0 N–H and O–H groups in total. The maximum atomic E-state index is 6.21. The first-order valence-corrected chi connectivity index (χ1v) is 7.14. The van der Waals surface area contributed by atoms with Gasteiger partial charge in [0.25, 0.3) is 0 Å². The minimum atomic E-state index is 0.400. The van der Waals surface area contributed by atoms with E-state index in [-0.39, 0.29) is 0 Å². The van der Waals surface area contributed by atoms with Crippen molar-refractivity contribution in [3.63, 3.8) is 0 Å². The quantitative estimate of drug-likeness (QED) is 0.629. The molecular formula is C16H16Cl2O. The van der Waals surface area contributed by atoms with Gasteiger partial charge in [-0.3, -0.25) is 0 Å². The lowest BCUT2D eigenvalue weighted by Gasteiger charge is -2.14. The van der Waals surface area contributed by atoms with Crippen molar-refractivity contribution in [2.75, 3.05) is 0 Å². The first-order valence-electron chi connectivity index (χ1n) is 6.23. The number of benzene rings is 2. The topological polar surface area (TPSA) is 9.23 Å². The summed E-state index contributed by atoms with van der Waals surface area (Å²) >= 11 is 12.0. The summed E-state index contributed by atoms with van der Waals surface area (Å²) in [4.78, 5) is 0. The zero-order chi connectivity index (χ0) is 13.8. The molecule has 0 unspecified atom stereocenters. The summed E-state index contributed by atoms with van der Waals surface area (Å²) in [5, 5.41) is 0.580. The number of alkyl halides is 1. The van der Waals surface area contributed by atoms with E-state index in [2.05, 4.69) is 19.9 Å². The minimum Gasteiger partial charge on any atom is -0.456 e. The molecule has 0 aliphatic carbocycles. The average molecular weight is 295 g/mol. The Kier molecular flexibility index (Phi) is 4.73.